The van der Waals surface area contributed by atoms with Gasteiger partial charge in [-0.15, -0.1) is 0 Å². The number of pyridine rings is 2. The maximum absolute atomic E-state index is 4.37. The molecule has 2 heterocycles. The van der Waals surface area contributed by atoms with Gasteiger partial charge in [0.1, 0.15) is 0 Å². The fourth-order valence-corrected chi connectivity index (χ4v) is 1.70. The minimum atomic E-state index is 0. The van der Waals surface area contributed by atoms with Crippen molar-refractivity contribution >= 4 is 21.8 Å². The minimum Gasteiger partial charge on any atom is -0.256 e. The van der Waals surface area contributed by atoms with Crippen LogP contribution >= 0.6 is 0 Å². The molecular formula is C12H8N2Rh. The molecule has 0 saturated heterocycles. The van der Waals surface area contributed by atoms with Crippen LogP contribution in [-0.4, -0.2) is 9.97 Å². The van der Waals surface area contributed by atoms with Crippen molar-refractivity contribution in [3.05, 3.63) is 48.8 Å². The minimum absolute atomic E-state index is 0. The van der Waals surface area contributed by atoms with Gasteiger partial charge in [0.05, 0.1) is 11.0 Å². The van der Waals surface area contributed by atoms with Crippen molar-refractivity contribution < 1.29 is 19.5 Å². The van der Waals surface area contributed by atoms with Crippen molar-refractivity contribution in [3.8, 4) is 0 Å². The predicted octanol–water partition coefficient (Wildman–Crippen LogP) is 2.78. The summed E-state index contributed by atoms with van der Waals surface area (Å²) in [4.78, 5) is 8.66. The molecule has 0 saturated carbocycles. The Morgan fingerprint density at radius 3 is 2.53 bits per heavy atom. The van der Waals surface area contributed by atoms with Crippen LogP contribution in [0.25, 0.3) is 21.8 Å². The van der Waals surface area contributed by atoms with E-state index in [1.165, 1.54) is 0 Å². The summed E-state index contributed by atoms with van der Waals surface area (Å²) in [5, 5.41) is 2.28. The van der Waals surface area contributed by atoms with Crippen molar-refractivity contribution in [2.75, 3.05) is 0 Å². The van der Waals surface area contributed by atoms with Gasteiger partial charge in [-0.3, -0.25) is 9.97 Å². The molecule has 0 atom stereocenters. The second-order valence-corrected chi connectivity index (χ2v) is 3.21. The summed E-state index contributed by atoms with van der Waals surface area (Å²) < 4.78 is 0. The van der Waals surface area contributed by atoms with Gasteiger partial charge in [-0.05, 0) is 24.3 Å². The van der Waals surface area contributed by atoms with Crippen LogP contribution in [0, 0.1) is 0 Å². The van der Waals surface area contributed by atoms with E-state index in [2.05, 4.69) is 28.2 Å². The van der Waals surface area contributed by atoms with E-state index in [1.54, 1.807) is 6.20 Å². The first-order valence-corrected chi connectivity index (χ1v) is 4.53. The molecule has 0 bridgehead atoms. The quantitative estimate of drug-likeness (QED) is 0.468. The summed E-state index contributed by atoms with van der Waals surface area (Å²) in [6, 6.07) is 12.1. The Kier molecular flexibility index (Phi) is 2.74. The molecule has 3 rings (SSSR count). The Morgan fingerprint density at radius 1 is 0.800 bits per heavy atom. The normalized spacial score (nSPS) is 10.1. The number of benzene rings is 1. The van der Waals surface area contributed by atoms with Gasteiger partial charge in [-0.1, -0.05) is 12.1 Å². The monoisotopic (exact) mass is 283 g/mol. The molecule has 0 spiro atoms. The Bertz CT molecular complexity index is 553. The Balaban J connectivity index is 0.000000853. The van der Waals surface area contributed by atoms with Crippen LogP contribution in [0.2, 0.25) is 0 Å². The van der Waals surface area contributed by atoms with Gasteiger partial charge >= 0.3 is 0 Å². The van der Waals surface area contributed by atoms with Crippen LogP contribution in [0.1, 0.15) is 0 Å². The van der Waals surface area contributed by atoms with Crippen molar-refractivity contribution in [3.63, 3.8) is 0 Å². The van der Waals surface area contributed by atoms with Gasteiger partial charge < -0.3 is 0 Å². The second kappa shape index (κ2) is 4.03. The summed E-state index contributed by atoms with van der Waals surface area (Å²) >= 11 is 0. The first kappa shape index (κ1) is 10.2. The van der Waals surface area contributed by atoms with Gasteiger partial charge in [0.15, 0.2) is 0 Å². The van der Waals surface area contributed by atoms with E-state index in [9.17, 15) is 0 Å². The van der Waals surface area contributed by atoms with Gasteiger partial charge in [0.2, 0.25) is 0 Å². The molecule has 15 heavy (non-hydrogen) atoms. The summed E-state index contributed by atoms with van der Waals surface area (Å²) in [5.41, 5.74) is 2.02. The van der Waals surface area contributed by atoms with Crippen molar-refractivity contribution in [2.45, 2.75) is 0 Å². The van der Waals surface area contributed by atoms with E-state index in [0.29, 0.717) is 0 Å². The standard InChI is InChI=1S/C12H8N2.Rh/c1-3-9-5-6-11-10(4-2-7-13-11)12(9)14-8-1;/h1-8H;. The maximum atomic E-state index is 4.37. The Morgan fingerprint density at radius 2 is 1.60 bits per heavy atom. The van der Waals surface area contributed by atoms with E-state index in [-0.39, 0.29) is 19.5 Å². The number of hydrogen-bond donors (Lipinski definition) is 0. The molecule has 2 nitrogen and oxygen atoms in total. The zero-order valence-corrected chi connectivity index (χ0v) is 9.49. The summed E-state index contributed by atoms with van der Waals surface area (Å²) in [7, 11) is 0. The molecule has 0 aliphatic carbocycles. The zero-order chi connectivity index (χ0) is 9.38. The van der Waals surface area contributed by atoms with Crippen LogP contribution in [0.5, 0.6) is 0 Å². The molecule has 75 valence electrons. The summed E-state index contributed by atoms with van der Waals surface area (Å²) in [5.74, 6) is 0. The van der Waals surface area contributed by atoms with Gasteiger partial charge in [0.25, 0.3) is 0 Å². The molecule has 2 aromatic heterocycles. The number of nitrogens with zero attached hydrogens (tertiary/aromatic N) is 2. The molecule has 3 aromatic rings. The van der Waals surface area contributed by atoms with Crippen molar-refractivity contribution in [2.24, 2.45) is 0 Å². The van der Waals surface area contributed by atoms with Crippen LogP contribution in [0.15, 0.2) is 48.8 Å². The average molecular weight is 283 g/mol. The zero-order valence-electron chi connectivity index (χ0n) is 7.85. The third-order valence-electron chi connectivity index (χ3n) is 2.35. The molecule has 0 amide bonds. The average Bonchev–Trinajstić information content (AvgIpc) is 2.29. The van der Waals surface area contributed by atoms with Crippen molar-refractivity contribution in [1.29, 1.82) is 0 Å². The molecule has 0 unspecified atom stereocenters. The predicted molar refractivity (Wildman–Crippen MR) is 57.0 cm³/mol. The third kappa shape index (κ3) is 1.64. The number of fused-ring (bicyclic) bond motifs is 3. The Labute approximate surface area is 100 Å². The van der Waals surface area contributed by atoms with E-state index in [4.69, 9.17) is 0 Å². The molecule has 0 aliphatic rings. The van der Waals surface area contributed by atoms with E-state index in [0.717, 1.165) is 21.8 Å². The fourth-order valence-electron chi connectivity index (χ4n) is 1.70. The first-order chi connectivity index (χ1) is 6.95. The van der Waals surface area contributed by atoms with E-state index >= 15 is 0 Å². The van der Waals surface area contributed by atoms with E-state index in [1.807, 2.05) is 24.4 Å². The Hall–Kier alpha value is -1.34. The number of rotatable bonds is 0. The molecule has 1 radical (unpaired) electrons. The summed E-state index contributed by atoms with van der Waals surface area (Å²) in [6.45, 7) is 0. The smallest absolute Gasteiger partial charge is 0.0795 e. The third-order valence-corrected chi connectivity index (χ3v) is 2.35. The second-order valence-electron chi connectivity index (χ2n) is 3.21. The van der Waals surface area contributed by atoms with Crippen LogP contribution in [0.3, 0.4) is 0 Å². The fraction of sp³-hybridized carbons (Fsp3) is 0. The van der Waals surface area contributed by atoms with E-state index < -0.39 is 0 Å². The largest absolute Gasteiger partial charge is 0.256 e. The summed E-state index contributed by atoms with van der Waals surface area (Å²) in [6.07, 6.45) is 3.62. The first-order valence-electron chi connectivity index (χ1n) is 4.53. The maximum Gasteiger partial charge on any atom is 0.0795 e. The van der Waals surface area contributed by atoms with Crippen LogP contribution in [-0.2, 0) is 19.5 Å². The van der Waals surface area contributed by atoms with Gasteiger partial charge in [-0.25, -0.2) is 0 Å². The molecular weight excluding hydrogens is 275 g/mol. The number of hydrogen-bond acceptors (Lipinski definition) is 2. The number of aromatic nitrogens is 2. The topological polar surface area (TPSA) is 25.8 Å². The molecule has 0 aliphatic heterocycles. The van der Waals surface area contributed by atoms with Crippen LogP contribution < -0.4 is 0 Å². The van der Waals surface area contributed by atoms with Gasteiger partial charge in [-0.2, -0.15) is 0 Å². The molecule has 0 N–H and O–H groups in total. The molecule has 1 aromatic carbocycles. The van der Waals surface area contributed by atoms with Gasteiger partial charge in [0, 0.05) is 42.6 Å². The molecule has 0 fully saturated rings. The van der Waals surface area contributed by atoms with Crippen LogP contribution in [0.4, 0.5) is 0 Å². The molecule has 3 heteroatoms. The SMILES string of the molecule is [Rh].c1cnc2c(c1)ccc1ncccc12. The van der Waals surface area contributed by atoms with Crippen molar-refractivity contribution in [1.82, 2.24) is 9.97 Å².